The fourth-order valence-corrected chi connectivity index (χ4v) is 3.46. The van der Waals surface area contributed by atoms with Crippen LogP contribution in [0.15, 0.2) is 16.8 Å². The Morgan fingerprint density at radius 1 is 1.36 bits per heavy atom. The third-order valence-corrected chi connectivity index (χ3v) is 4.88. The van der Waals surface area contributed by atoms with E-state index >= 15 is 0 Å². The lowest BCUT2D eigenvalue weighted by Crippen LogP contribution is -2.60. The first-order chi connectivity index (χ1) is 10.7. The van der Waals surface area contributed by atoms with Gasteiger partial charge in [-0.3, -0.25) is 4.79 Å². The van der Waals surface area contributed by atoms with Crippen molar-refractivity contribution < 1.29 is 14.1 Å². The van der Waals surface area contributed by atoms with Crippen LogP contribution in [0.5, 0.6) is 0 Å². The van der Waals surface area contributed by atoms with Crippen LogP contribution in [0.3, 0.4) is 0 Å². The number of carbonyl (C=O) groups excluding carboxylic acids is 1. The number of ether oxygens (including phenoxy) is 1. The molecular weight excluding hydrogens is 282 g/mol. The van der Waals surface area contributed by atoms with E-state index in [-0.39, 0.29) is 11.3 Å². The molecule has 6 heteroatoms. The van der Waals surface area contributed by atoms with Crippen molar-refractivity contribution in [3.63, 3.8) is 0 Å². The second-order valence-corrected chi connectivity index (χ2v) is 6.33. The van der Waals surface area contributed by atoms with E-state index in [9.17, 15) is 4.79 Å². The second kappa shape index (κ2) is 5.05. The standard InChI is InChI=1S/C16H19N3O3/c1-2-13-12-7-11(8-17-14(12)22-18-13)15(20)19-9-16(10-19)3-5-21-6-4-16/h7-8H,2-6,9-10H2,1H3. The molecule has 0 radical (unpaired) electrons. The van der Waals surface area contributed by atoms with Gasteiger partial charge in [0.05, 0.1) is 16.6 Å². The summed E-state index contributed by atoms with van der Waals surface area (Å²) in [4.78, 5) is 18.8. The van der Waals surface area contributed by atoms with Crippen LogP contribution in [0.1, 0.15) is 35.8 Å². The smallest absolute Gasteiger partial charge is 0.257 e. The summed E-state index contributed by atoms with van der Waals surface area (Å²) in [6.07, 6.45) is 4.46. The SMILES string of the molecule is CCc1noc2ncc(C(=O)N3CC4(CCOCC4)C3)cc12. The minimum Gasteiger partial charge on any atom is -0.381 e. The molecule has 2 aromatic heterocycles. The first-order valence-electron chi connectivity index (χ1n) is 7.82. The lowest BCUT2D eigenvalue weighted by molar-refractivity contribution is -0.0666. The van der Waals surface area contributed by atoms with Gasteiger partial charge in [0, 0.05) is 37.9 Å². The van der Waals surface area contributed by atoms with Gasteiger partial charge in [0.25, 0.3) is 11.6 Å². The highest BCUT2D eigenvalue weighted by Crippen LogP contribution is 2.40. The molecule has 0 aromatic carbocycles. The summed E-state index contributed by atoms with van der Waals surface area (Å²) in [5, 5.41) is 4.83. The maximum atomic E-state index is 12.6. The number of fused-ring (bicyclic) bond motifs is 1. The minimum atomic E-state index is 0.0507. The van der Waals surface area contributed by atoms with E-state index in [1.807, 2.05) is 17.9 Å². The number of nitrogens with zero attached hydrogens (tertiary/aromatic N) is 3. The van der Waals surface area contributed by atoms with Crippen molar-refractivity contribution >= 4 is 17.0 Å². The maximum Gasteiger partial charge on any atom is 0.257 e. The predicted molar refractivity (Wildman–Crippen MR) is 79.6 cm³/mol. The zero-order chi connectivity index (χ0) is 15.2. The summed E-state index contributed by atoms with van der Waals surface area (Å²) in [5.74, 6) is 0.0507. The van der Waals surface area contributed by atoms with Gasteiger partial charge in [0.1, 0.15) is 0 Å². The molecule has 6 nitrogen and oxygen atoms in total. The van der Waals surface area contributed by atoms with E-state index in [1.54, 1.807) is 6.20 Å². The van der Waals surface area contributed by atoms with Crippen molar-refractivity contribution in [3.8, 4) is 0 Å². The molecule has 0 saturated carbocycles. The summed E-state index contributed by atoms with van der Waals surface area (Å²) in [6, 6.07) is 1.86. The number of carbonyl (C=O) groups is 1. The molecule has 2 saturated heterocycles. The fraction of sp³-hybridized carbons (Fsp3) is 0.562. The molecule has 1 amide bonds. The van der Waals surface area contributed by atoms with Crippen molar-refractivity contribution in [1.29, 1.82) is 0 Å². The van der Waals surface area contributed by atoms with Crippen LogP contribution in [-0.2, 0) is 11.2 Å². The van der Waals surface area contributed by atoms with Crippen molar-refractivity contribution in [2.24, 2.45) is 5.41 Å². The summed E-state index contributed by atoms with van der Waals surface area (Å²) in [5.41, 5.74) is 2.25. The average Bonchev–Trinajstić information content (AvgIpc) is 2.94. The van der Waals surface area contributed by atoms with E-state index in [2.05, 4.69) is 10.1 Å². The van der Waals surface area contributed by atoms with Gasteiger partial charge in [-0.1, -0.05) is 12.1 Å². The van der Waals surface area contributed by atoms with Gasteiger partial charge >= 0.3 is 0 Å². The van der Waals surface area contributed by atoms with Gasteiger partial charge in [0.15, 0.2) is 0 Å². The van der Waals surface area contributed by atoms with E-state index in [4.69, 9.17) is 9.26 Å². The molecule has 2 aliphatic rings. The Kier molecular flexibility index (Phi) is 3.14. The maximum absolute atomic E-state index is 12.6. The molecule has 0 aliphatic carbocycles. The van der Waals surface area contributed by atoms with Gasteiger partial charge < -0.3 is 14.2 Å². The number of likely N-dealkylation sites (tertiary alicyclic amines) is 1. The summed E-state index contributed by atoms with van der Waals surface area (Å²) in [7, 11) is 0. The third kappa shape index (κ3) is 2.09. The molecule has 22 heavy (non-hydrogen) atoms. The summed E-state index contributed by atoms with van der Waals surface area (Å²) < 4.78 is 10.6. The molecular formula is C16H19N3O3. The van der Waals surface area contributed by atoms with Crippen LogP contribution in [0.2, 0.25) is 0 Å². The molecule has 2 aliphatic heterocycles. The van der Waals surface area contributed by atoms with Crippen molar-refractivity contribution in [1.82, 2.24) is 15.0 Å². The molecule has 0 bridgehead atoms. The predicted octanol–water partition coefficient (Wildman–Crippen LogP) is 2.04. The van der Waals surface area contributed by atoms with Gasteiger partial charge in [-0.25, -0.2) is 4.98 Å². The second-order valence-electron chi connectivity index (χ2n) is 6.33. The average molecular weight is 301 g/mol. The Balaban J connectivity index is 1.53. The van der Waals surface area contributed by atoms with Crippen molar-refractivity contribution in [2.45, 2.75) is 26.2 Å². The van der Waals surface area contributed by atoms with Crippen molar-refractivity contribution in [2.75, 3.05) is 26.3 Å². The van der Waals surface area contributed by atoms with Crippen LogP contribution in [0, 0.1) is 5.41 Å². The number of pyridine rings is 1. The highest BCUT2D eigenvalue weighted by atomic mass is 16.5. The van der Waals surface area contributed by atoms with Gasteiger partial charge in [-0.15, -0.1) is 0 Å². The van der Waals surface area contributed by atoms with Gasteiger partial charge in [-0.2, -0.15) is 0 Å². The van der Waals surface area contributed by atoms with E-state index in [0.717, 1.165) is 56.6 Å². The first kappa shape index (κ1) is 13.7. The minimum absolute atomic E-state index is 0.0507. The van der Waals surface area contributed by atoms with Crippen LogP contribution in [0.25, 0.3) is 11.1 Å². The van der Waals surface area contributed by atoms with Crippen LogP contribution >= 0.6 is 0 Å². The molecule has 1 spiro atoms. The topological polar surface area (TPSA) is 68.5 Å². The van der Waals surface area contributed by atoms with Gasteiger partial charge in [-0.05, 0) is 25.3 Å². The van der Waals surface area contributed by atoms with Crippen LogP contribution in [0.4, 0.5) is 0 Å². The molecule has 2 fully saturated rings. The zero-order valence-electron chi connectivity index (χ0n) is 12.7. The molecule has 2 aromatic rings. The van der Waals surface area contributed by atoms with E-state index in [1.165, 1.54) is 0 Å². The lowest BCUT2D eigenvalue weighted by Gasteiger charge is -2.52. The Labute approximate surface area is 128 Å². The number of rotatable bonds is 2. The number of hydrogen-bond acceptors (Lipinski definition) is 5. The van der Waals surface area contributed by atoms with Crippen LogP contribution in [-0.4, -0.2) is 47.3 Å². The number of amides is 1. The molecule has 0 atom stereocenters. The van der Waals surface area contributed by atoms with Gasteiger partial charge in [0.2, 0.25) is 0 Å². The molecule has 116 valence electrons. The Morgan fingerprint density at radius 3 is 2.86 bits per heavy atom. The van der Waals surface area contributed by atoms with E-state index < -0.39 is 0 Å². The summed E-state index contributed by atoms with van der Waals surface area (Å²) >= 11 is 0. The summed E-state index contributed by atoms with van der Waals surface area (Å²) in [6.45, 7) is 5.30. The molecule has 0 unspecified atom stereocenters. The Morgan fingerprint density at radius 2 is 2.14 bits per heavy atom. The number of aryl methyl sites for hydroxylation is 1. The van der Waals surface area contributed by atoms with Crippen LogP contribution < -0.4 is 0 Å². The number of hydrogen-bond donors (Lipinski definition) is 0. The largest absolute Gasteiger partial charge is 0.381 e. The Hall–Kier alpha value is -1.95. The van der Waals surface area contributed by atoms with Crippen molar-refractivity contribution in [3.05, 3.63) is 23.5 Å². The normalized spacial score (nSPS) is 20.3. The monoisotopic (exact) mass is 301 g/mol. The fourth-order valence-electron chi connectivity index (χ4n) is 3.46. The van der Waals surface area contributed by atoms with E-state index in [0.29, 0.717) is 11.3 Å². The Bertz CT molecular complexity index is 710. The number of aromatic nitrogens is 2. The third-order valence-electron chi connectivity index (χ3n) is 4.88. The highest BCUT2D eigenvalue weighted by molar-refractivity contribution is 5.97. The molecule has 0 N–H and O–H groups in total. The lowest BCUT2D eigenvalue weighted by atomic mass is 9.73. The highest BCUT2D eigenvalue weighted by Gasteiger charge is 2.45. The quantitative estimate of drug-likeness (QED) is 0.849. The zero-order valence-corrected chi connectivity index (χ0v) is 12.7. The molecule has 4 rings (SSSR count). The molecule has 4 heterocycles. The first-order valence-corrected chi connectivity index (χ1v) is 7.82.